The van der Waals surface area contributed by atoms with Crippen molar-refractivity contribution in [1.29, 1.82) is 0 Å². The van der Waals surface area contributed by atoms with Crippen LogP contribution < -0.4 is 10.1 Å². The minimum Gasteiger partial charge on any atom is -0.496 e. The summed E-state index contributed by atoms with van der Waals surface area (Å²) in [6.45, 7) is 8.45. The molecule has 4 rings (SSSR count). The lowest BCUT2D eigenvalue weighted by Gasteiger charge is -2.22. The van der Waals surface area contributed by atoms with Crippen LogP contribution in [0.2, 0.25) is 0 Å². The number of methoxy groups -OCH3 is 1. The number of aromatic nitrogens is 2. The Balaban J connectivity index is 1.85. The van der Waals surface area contributed by atoms with Crippen LogP contribution in [0, 0.1) is 20.8 Å². The van der Waals surface area contributed by atoms with Crippen LogP contribution in [-0.4, -0.2) is 30.2 Å². The van der Waals surface area contributed by atoms with E-state index in [2.05, 4.69) is 56.4 Å². The van der Waals surface area contributed by atoms with Crippen molar-refractivity contribution in [3.05, 3.63) is 52.7 Å². The van der Waals surface area contributed by atoms with Crippen molar-refractivity contribution in [1.82, 2.24) is 15.3 Å². The third-order valence-corrected chi connectivity index (χ3v) is 5.54. The number of piperidine rings is 1. The van der Waals surface area contributed by atoms with Crippen molar-refractivity contribution in [2.24, 2.45) is 0 Å². The molecule has 1 aliphatic rings. The normalized spacial score (nSPS) is 17.3. The zero-order valence-electron chi connectivity index (χ0n) is 16.6. The lowest BCUT2D eigenvalue weighted by molar-refractivity contribution is 0.415. The van der Waals surface area contributed by atoms with E-state index in [9.17, 15) is 0 Å². The van der Waals surface area contributed by atoms with Crippen molar-refractivity contribution in [2.45, 2.75) is 39.5 Å². The maximum absolute atomic E-state index is 5.66. The van der Waals surface area contributed by atoms with E-state index in [-0.39, 0.29) is 0 Å². The van der Waals surface area contributed by atoms with Gasteiger partial charge in [0.05, 0.1) is 12.8 Å². The first-order chi connectivity index (χ1) is 13.1. The molecule has 1 saturated heterocycles. The van der Waals surface area contributed by atoms with Gasteiger partial charge in [0.2, 0.25) is 0 Å². The maximum Gasteiger partial charge on any atom is 0.160 e. The Bertz CT molecular complexity index is 991. The highest BCUT2D eigenvalue weighted by Crippen LogP contribution is 2.35. The summed E-state index contributed by atoms with van der Waals surface area (Å²) in [5.74, 6) is 1.34. The van der Waals surface area contributed by atoms with Crippen LogP contribution in [0.25, 0.3) is 22.3 Å². The average Bonchev–Trinajstić information content (AvgIpc) is 2.67. The largest absolute Gasteiger partial charge is 0.496 e. The third-order valence-electron chi connectivity index (χ3n) is 5.54. The van der Waals surface area contributed by atoms with Crippen LogP contribution in [0.5, 0.6) is 5.75 Å². The highest BCUT2D eigenvalue weighted by Gasteiger charge is 2.18. The molecule has 0 saturated carbocycles. The summed E-state index contributed by atoms with van der Waals surface area (Å²) in [5.41, 5.74) is 7.52. The molecule has 2 aromatic heterocycles. The molecule has 27 heavy (non-hydrogen) atoms. The van der Waals surface area contributed by atoms with Crippen molar-refractivity contribution >= 4 is 11.0 Å². The number of pyridine rings is 2. The van der Waals surface area contributed by atoms with Crippen molar-refractivity contribution in [2.75, 3.05) is 20.2 Å². The summed E-state index contributed by atoms with van der Waals surface area (Å²) in [6.07, 6.45) is 2.39. The van der Waals surface area contributed by atoms with Gasteiger partial charge >= 0.3 is 0 Å². The van der Waals surface area contributed by atoms with Crippen molar-refractivity contribution in [3.8, 4) is 17.0 Å². The summed E-state index contributed by atoms with van der Waals surface area (Å²) >= 11 is 0. The lowest BCUT2D eigenvalue weighted by atomic mass is 9.95. The van der Waals surface area contributed by atoms with E-state index in [1.165, 1.54) is 29.5 Å². The first-order valence-electron chi connectivity index (χ1n) is 9.71. The first kappa shape index (κ1) is 17.9. The number of nitrogens with zero attached hydrogens (tertiary/aromatic N) is 2. The molecule has 0 bridgehead atoms. The predicted octanol–water partition coefficient (Wildman–Crippen LogP) is 4.70. The van der Waals surface area contributed by atoms with Gasteiger partial charge in [-0.05, 0) is 81.1 Å². The molecule has 1 atom stereocenters. The summed E-state index contributed by atoms with van der Waals surface area (Å²) in [7, 11) is 1.72. The number of benzene rings is 1. The molecule has 1 fully saturated rings. The van der Waals surface area contributed by atoms with E-state index in [0.717, 1.165) is 46.8 Å². The molecule has 1 unspecified atom stereocenters. The maximum atomic E-state index is 5.66. The minimum absolute atomic E-state index is 0.476. The van der Waals surface area contributed by atoms with Crippen LogP contribution in [-0.2, 0) is 0 Å². The number of hydrogen-bond donors (Lipinski definition) is 1. The molecule has 140 valence electrons. The second-order valence-electron chi connectivity index (χ2n) is 7.63. The Kier molecular flexibility index (Phi) is 4.83. The quantitative estimate of drug-likeness (QED) is 0.735. The van der Waals surface area contributed by atoms with Gasteiger partial charge in [-0.1, -0.05) is 6.07 Å². The molecule has 4 nitrogen and oxygen atoms in total. The van der Waals surface area contributed by atoms with Gasteiger partial charge in [-0.15, -0.1) is 0 Å². The van der Waals surface area contributed by atoms with Gasteiger partial charge in [-0.2, -0.15) is 0 Å². The molecule has 1 aliphatic heterocycles. The van der Waals surface area contributed by atoms with Crippen LogP contribution in [0.15, 0.2) is 30.3 Å². The van der Waals surface area contributed by atoms with Gasteiger partial charge in [0, 0.05) is 29.1 Å². The first-order valence-corrected chi connectivity index (χ1v) is 9.71. The fourth-order valence-corrected chi connectivity index (χ4v) is 4.16. The molecule has 1 aromatic carbocycles. The third kappa shape index (κ3) is 3.42. The molecular formula is C23H27N3O. The van der Waals surface area contributed by atoms with Crippen LogP contribution in [0.4, 0.5) is 0 Å². The Morgan fingerprint density at radius 1 is 1.04 bits per heavy atom. The molecule has 3 heterocycles. The van der Waals surface area contributed by atoms with E-state index in [4.69, 9.17) is 14.7 Å². The smallest absolute Gasteiger partial charge is 0.160 e. The Morgan fingerprint density at radius 3 is 2.63 bits per heavy atom. The Labute approximate surface area is 161 Å². The molecule has 1 N–H and O–H groups in total. The second kappa shape index (κ2) is 7.28. The van der Waals surface area contributed by atoms with E-state index < -0.39 is 0 Å². The summed E-state index contributed by atoms with van der Waals surface area (Å²) in [6, 6.07) is 10.7. The van der Waals surface area contributed by atoms with E-state index in [1.807, 2.05) is 0 Å². The van der Waals surface area contributed by atoms with E-state index >= 15 is 0 Å². The number of ether oxygens (including phenoxy) is 1. The SMILES string of the molecule is COc1cc(C)cc(C)c1-c1cc(C)c2ccc(C3CCCNC3)nc2n1. The second-order valence-corrected chi connectivity index (χ2v) is 7.63. The molecule has 0 spiro atoms. The Morgan fingerprint density at radius 2 is 1.89 bits per heavy atom. The summed E-state index contributed by atoms with van der Waals surface area (Å²) in [4.78, 5) is 9.91. The molecule has 0 aliphatic carbocycles. The molecule has 0 amide bonds. The molecular weight excluding hydrogens is 334 g/mol. The molecule has 4 heteroatoms. The molecule has 3 aromatic rings. The number of rotatable bonds is 3. The van der Waals surface area contributed by atoms with Crippen LogP contribution >= 0.6 is 0 Å². The lowest BCUT2D eigenvalue weighted by Crippen LogP contribution is -2.28. The zero-order chi connectivity index (χ0) is 19.0. The van der Waals surface area contributed by atoms with Gasteiger partial charge in [-0.3, -0.25) is 0 Å². The standard InChI is InChI=1S/C23H27N3O/c1-14-10-16(3)22(21(11-14)27-4)20-12-15(2)18-7-8-19(25-23(18)26-20)17-6-5-9-24-13-17/h7-8,10-12,17,24H,5-6,9,13H2,1-4H3. The van der Waals surface area contributed by atoms with Crippen molar-refractivity contribution < 1.29 is 4.74 Å². The van der Waals surface area contributed by atoms with Crippen LogP contribution in [0.1, 0.15) is 41.1 Å². The fourth-order valence-electron chi connectivity index (χ4n) is 4.16. The fraction of sp³-hybridized carbons (Fsp3) is 0.391. The monoisotopic (exact) mass is 361 g/mol. The minimum atomic E-state index is 0.476. The summed E-state index contributed by atoms with van der Waals surface area (Å²) < 4.78 is 5.66. The zero-order valence-corrected chi connectivity index (χ0v) is 16.6. The predicted molar refractivity (Wildman–Crippen MR) is 111 cm³/mol. The van der Waals surface area contributed by atoms with E-state index in [0.29, 0.717) is 5.92 Å². The van der Waals surface area contributed by atoms with Gasteiger partial charge in [0.1, 0.15) is 5.75 Å². The van der Waals surface area contributed by atoms with Gasteiger partial charge < -0.3 is 10.1 Å². The number of aryl methyl sites for hydroxylation is 3. The number of fused-ring (bicyclic) bond motifs is 1. The van der Waals surface area contributed by atoms with Crippen LogP contribution in [0.3, 0.4) is 0 Å². The van der Waals surface area contributed by atoms with Gasteiger partial charge in [0.25, 0.3) is 0 Å². The van der Waals surface area contributed by atoms with E-state index in [1.54, 1.807) is 7.11 Å². The highest BCUT2D eigenvalue weighted by molar-refractivity contribution is 5.84. The summed E-state index contributed by atoms with van der Waals surface area (Å²) in [5, 5.41) is 4.60. The van der Waals surface area contributed by atoms with Gasteiger partial charge in [0.15, 0.2) is 5.65 Å². The topological polar surface area (TPSA) is 47.0 Å². The van der Waals surface area contributed by atoms with Crippen molar-refractivity contribution in [3.63, 3.8) is 0 Å². The Hall–Kier alpha value is -2.46. The highest BCUT2D eigenvalue weighted by atomic mass is 16.5. The molecule has 0 radical (unpaired) electrons. The van der Waals surface area contributed by atoms with Gasteiger partial charge in [-0.25, -0.2) is 9.97 Å². The average molecular weight is 361 g/mol. The number of hydrogen-bond acceptors (Lipinski definition) is 4. The number of nitrogens with one attached hydrogen (secondary N) is 1.